The zero-order chi connectivity index (χ0) is 10.6. The summed E-state index contributed by atoms with van der Waals surface area (Å²) in [4.78, 5) is 11.3. The molecule has 0 aliphatic heterocycles. The SMILES string of the molecule is CCC(F)(NC(=O)C(C)C)C(C)C. The van der Waals surface area contributed by atoms with Crippen LogP contribution in [0.5, 0.6) is 0 Å². The van der Waals surface area contributed by atoms with Crippen LogP contribution in [-0.4, -0.2) is 11.7 Å². The van der Waals surface area contributed by atoms with Crippen molar-refractivity contribution in [3.63, 3.8) is 0 Å². The summed E-state index contributed by atoms with van der Waals surface area (Å²) in [6, 6.07) is 0. The quantitative estimate of drug-likeness (QED) is 0.676. The Kier molecular flexibility index (Phi) is 4.37. The van der Waals surface area contributed by atoms with Gasteiger partial charge in [0.05, 0.1) is 0 Å². The molecule has 0 radical (unpaired) electrons. The van der Waals surface area contributed by atoms with Gasteiger partial charge in [0.2, 0.25) is 5.91 Å². The van der Waals surface area contributed by atoms with Gasteiger partial charge in [0.25, 0.3) is 0 Å². The van der Waals surface area contributed by atoms with E-state index in [-0.39, 0.29) is 17.7 Å². The van der Waals surface area contributed by atoms with Crippen molar-refractivity contribution >= 4 is 5.91 Å². The van der Waals surface area contributed by atoms with Gasteiger partial charge in [-0.05, 0) is 6.42 Å². The van der Waals surface area contributed by atoms with E-state index in [1.165, 1.54) is 0 Å². The van der Waals surface area contributed by atoms with Crippen LogP contribution in [0.3, 0.4) is 0 Å². The van der Waals surface area contributed by atoms with Crippen LogP contribution in [0.25, 0.3) is 0 Å². The Balaban J connectivity index is 4.36. The number of carbonyl (C=O) groups excluding carboxylic acids is 1. The second-order valence-corrected chi connectivity index (χ2v) is 4.01. The summed E-state index contributed by atoms with van der Waals surface area (Å²) in [5.74, 6) is -2.14. The molecule has 78 valence electrons. The van der Waals surface area contributed by atoms with Crippen LogP contribution in [0.15, 0.2) is 0 Å². The monoisotopic (exact) mass is 189 g/mol. The third-order valence-corrected chi connectivity index (χ3v) is 2.29. The molecule has 0 aromatic carbocycles. The largest absolute Gasteiger partial charge is 0.324 e. The lowest BCUT2D eigenvalue weighted by Gasteiger charge is -2.29. The molecule has 1 N–H and O–H groups in total. The highest BCUT2D eigenvalue weighted by atomic mass is 19.1. The number of hydrogen-bond donors (Lipinski definition) is 1. The molecule has 1 amide bonds. The van der Waals surface area contributed by atoms with Crippen molar-refractivity contribution in [1.82, 2.24) is 5.32 Å². The van der Waals surface area contributed by atoms with Crippen LogP contribution < -0.4 is 5.32 Å². The Morgan fingerprint density at radius 3 is 2.08 bits per heavy atom. The highest BCUT2D eigenvalue weighted by molar-refractivity contribution is 5.78. The van der Waals surface area contributed by atoms with E-state index >= 15 is 0 Å². The van der Waals surface area contributed by atoms with Crippen molar-refractivity contribution in [2.45, 2.75) is 46.8 Å². The lowest BCUT2D eigenvalue weighted by molar-refractivity contribution is -0.130. The highest BCUT2D eigenvalue weighted by Gasteiger charge is 2.33. The minimum atomic E-state index is -1.55. The Labute approximate surface area is 79.9 Å². The van der Waals surface area contributed by atoms with Gasteiger partial charge in [-0.3, -0.25) is 4.79 Å². The summed E-state index contributed by atoms with van der Waals surface area (Å²) in [5.41, 5.74) is 0. The maximum absolute atomic E-state index is 13.9. The second-order valence-electron chi connectivity index (χ2n) is 4.01. The van der Waals surface area contributed by atoms with E-state index in [9.17, 15) is 9.18 Å². The fourth-order valence-electron chi connectivity index (χ4n) is 0.990. The normalized spacial score (nSPS) is 16.0. The number of nitrogens with one attached hydrogen (secondary N) is 1. The van der Waals surface area contributed by atoms with Crippen LogP contribution in [0.1, 0.15) is 41.0 Å². The molecule has 0 spiro atoms. The Bertz CT molecular complexity index is 180. The number of halogens is 1. The van der Waals surface area contributed by atoms with E-state index < -0.39 is 5.79 Å². The van der Waals surface area contributed by atoms with Crippen molar-refractivity contribution in [2.24, 2.45) is 11.8 Å². The lowest BCUT2D eigenvalue weighted by Crippen LogP contribution is -2.49. The predicted molar refractivity (Wildman–Crippen MR) is 51.9 cm³/mol. The topological polar surface area (TPSA) is 29.1 Å². The first kappa shape index (κ1) is 12.4. The highest BCUT2D eigenvalue weighted by Crippen LogP contribution is 2.22. The molecule has 0 saturated carbocycles. The van der Waals surface area contributed by atoms with E-state index in [2.05, 4.69) is 5.32 Å². The summed E-state index contributed by atoms with van der Waals surface area (Å²) >= 11 is 0. The second kappa shape index (κ2) is 4.58. The maximum Gasteiger partial charge on any atom is 0.224 e. The smallest absolute Gasteiger partial charge is 0.224 e. The molecule has 1 atom stereocenters. The van der Waals surface area contributed by atoms with Gasteiger partial charge in [0, 0.05) is 11.8 Å². The molecule has 0 rings (SSSR count). The predicted octanol–water partition coefficient (Wildman–Crippen LogP) is 2.49. The zero-order valence-electron chi connectivity index (χ0n) is 9.15. The van der Waals surface area contributed by atoms with Crippen molar-refractivity contribution in [3.8, 4) is 0 Å². The molecular formula is C10H20FNO. The minimum absolute atomic E-state index is 0.166. The van der Waals surface area contributed by atoms with E-state index in [1.807, 2.05) is 0 Å². The number of carbonyl (C=O) groups is 1. The molecule has 3 heteroatoms. The van der Waals surface area contributed by atoms with Gasteiger partial charge in [0.1, 0.15) is 0 Å². The van der Waals surface area contributed by atoms with Gasteiger partial charge < -0.3 is 5.32 Å². The molecule has 0 bridgehead atoms. The molecule has 0 aromatic heterocycles. The van der Waals surface area contributed by atoms with Gasteiger partial charge in [-0.25, -0.2) is 4.39 Å². The van der Waals surface area contributed by atoms with Gasteiger partial charge in [-0.15, -0.1) is 0 Å². The minimum Gasteiger partial charge on any atom is -0.324 e. The average Bonchev–Trinajstić information content (AvgIpc) is 2.03. The van der Waals surface area contributed by atoms with Crippen molar-refractivity contribution in [3.05, 3.63) is 0 Å². The number of hydrogen-bond acceptors (Lipinski definition) is 1. The first-order chi connectivity index (χ1) is 5.83. The van der Waals surface area contributed by atoms with Crippen LogP contribution in [0.2, 0.25) is 0 Å². The van der Waals surface area contributed by atoms with Gasteiger partial charge in [-0.2, -0.15) is 0 Å². The van der Waals surface area contributed by atoms with Crippen LogP contribution in [0, 0.1) is 11.8 Å². The molecule has 0 saturated heterocycles. The van der Waals surface area contributed by atoms with Crippen LogP contribution in [0.4, 0.5) is 4.39 Å². The zero-order valence-corrected chi connectivity index (χ0v) is 9.15. The van der Waals surface area contributed by atoms with Gasteiger partial charge in [-0.1, -0.05) is 34.6 Å². The summed E-state index contributed by atoms with van der Waals surface area (Å²) in [5, 5.41) is 2.44. The molecule has 0 heterocycles. The standard InChI is InChI=1S/C10H20FNO/c1-6-10(11,8(4)5)12-9(13)7(2)3/h7-8H,6H2,1-5H3,(H,12,13). The van der Waals surface area contributed by atoms with E-state index in [4.69, 9.17) is 0 Å². The number of alkyl halides is 1. The first-order valence-electron chi connectivity index (χ1n) is 4.84. The Morgan fingerprint density at radius 1 is 1.38 bits per heavy atom. The summed E-state index contributed by atoms with van der Waals surface area (Å²) in [6.07, 6.45) is 0.309. The molecule has 0 aliphatic rings. The Morgan fingerprint density at radius 2 is 1.85 bits per heavy atom. The van der Waals surface area contributed by atoms with E-state index in [1.54, 1.807) is 34.6 Å². The average molecular weight is 189 g/mol. The van der Waals surface area contributed by atoms with Crippen molar-refractivity contribution in [1.29, 1.82) is 0 Å². The van der Waals surface area contributed by atoms with Gasteiger partial charge >= 0.3 is 0 Å². The third kappa shape index (κ3) is 3.33. The first-order valence-corrected chi connectivity index (χ1v) is 4.84. The molecule has 0 aromatic rings. The molecular weight excluding hydrogens is 169 g/mol. The third-order valence-electron chi connectivity index (χ3n) is 2.29. The molecule has 1 unspecified atom stereocenters. The number of amides is 1. The molecule has 0 fully saturated rings. The maximum atomic E-state index is 13.9. The fraction of sp³-hybridized carbons (Fsp3) is 0.900. The van der Waals surface area contributed by atoms with Crippen LogP contribution in [-0.2, 0) is 4.79 Å². The summed E-state index contributed by atoms with van der Waals surface area (Å²) < 4.78 is 13.9. The van der Waals surface area contributed by atoms with E-state index in [0.29, 0.717) is 6.42 Å². The van der Waals surface area contributed by atoms with Crippen molar-refractivity contribution < 1.29 is 9.18 Å². The van der Waals surface area contributed by atoms with Crippen LogP contribution >= 0.6 is 0 Å². The van der Waals surface area contributed by atoms with E-state index in [0.717, 1.165) is 0 Å². The molecule has 2 nitrogen and oxygen atoms in total. The van der Waals surface area contributed by atoms with Gasteiger partial charge in [0.15, 0.2) is 5.79 Å². The summed E-state index contributed by atoms with van der Waals surface area (Å²) in [6.45, 7) is 8.78. The Hall–Kier alpha value is -0.600. The molecule has 0 aliphatic carbocycles. The summed E-state index contributed by atoms with van der Waals surface area (Å²) in [7, 11) is 0. The number of rotatable bonds is 4. The molecule has 13 heavy (non-hydrogen) atoms. The lowest BCUT2D eigenvalue weighted by atomic mass is 9.98. The van der Waals surface area contributed by atoms with Crippen molar-refractivity contribution in [2.75, 3.05) is 0 Å². The fourth-order valence-corrected chi connectivity index (χ4v) is 0.990.